The summed E-state index contributed by atoms with van der Waals surface area (Å²) in [6.07, 6.45) is 0. The van der Waals surface area contributed by atoms with Crippen molar-refractivity contribution < 1.29 is 18.8 Å². The number of pyridine rings is 2. The number of methoxy groups -OCH3 is 2. The molecule has 3 aliphatic heterocycles. The van der Waals surface area contributed by atoms with E-state index in [-0.39, 0.29) is 18.3 Å². The number of imidazole rings is 2. The molecule has 18 heteroatoms. The Kier molecular flexibility index (Phi) is 15.8. The number of piperazine rings is 2. The molecular formula is C40H62BCl3N10O4. The highest BCUT2D eigenvalue weighted by atomic mass is 35.5. The van der Waals surface area contributed by atoms with Gasteiger partial charge in [-0.05, 0) is 40.5 Å². The number of anilines is 2. The first-order valence-corrected chi connectivity index (χ1v) is 21.2. The molecule has 7 rings (SSSR count). The van der Waals surface area contributed by atoms with Crippen LogP contribution in [0.5, 0.6) is 0 Å². The molecule has 58 heavy (non-hydrogen) atoms. The van der Waals surface area contributed by atoms with Gasteiger partial charge in [-0.2, -0.15) is 0 Å². The van der Waals surface area contributed by atoms with Crippen LogP contribution in [0.1, 0.15) is 60.1 Å². The van der Waals surface area contributed by atoms with E-state index in [0.29, 0.717) is 26.9 Å². The Morgan fingerprint density at radius 3 is 1.53 bits per heavy atom. The first-order valence-electron chi connectivity index (χ1n) is 20.0. The number of halogens is 3. The number of aryl methyl sites for hydroxylation is 2. The maximum absolute atomic E-state index is 6.22. The Balaban J connectivity index is 0.000000175. The van der Waals surface area contributed by atoms with Crippen LogP contribution in [0.3, 0.4) is 0 Å². The number of rotatable bonds is 10. The lowest BCUT2D eigenvalue weighted by Gasteiger charge is -2.35. The Morgan fingerprint density at radius 2 is 1.14 bits per heavy atom. The summed E-state index contributed by atoms with van der Waals surface area (Å²) in [5, 5.41) is 1.27. The number of hydrogen-bond donors (Lipinski definition) is 0. The lowest BCUT2D eigenvalue weighted by Crippen LogP contribution is -2.48. The van der Waals surface area contributed by atoms with Gasteiger partial charge in [0.15, 0.2) is 5.15 Å². The van der Waals surface area contributed by atoms with Gasteiger partial charge in [0.05, 0.1) is 41.1 Å². The third-order valence-corrected chi connectivity index (χ3v) is 12.0. The summed E-state index contributed by atoms with van der Waals surface area (Å²) in [6, 6.07) is 3.71. The number of hydrogen-bond acceptors (Lipinski definition) is 12. The van der Waals surface area contributed by atoms with Gasteiger partial charge in [-0.15, -0.1) is 6.58 Å². The molecule has 0 radical (unpaired) electrons. The number of ether oxygens (including phenoxy) is 2. The largest absolute Gasteiger partial charge is 0.489 e. The van der Waals surface area contributed by atoms with E-state index < -0.39 is 0 Å². The van der Waals surface area contributed by atoms with E-state index >= 15 is 0 Å². The van der Waals surface area contributed by atoms with Crippen molar-refractivity contribution in [2.75, 3.05) is 103 Å². The van der Waals surface area contributed by atoms with Crippen molar-refractivity contribution >= 4 is 75.9 Å². The second kappa shape index (κ2) is 19.8. The first kappa shape index (κ1) is 46.3. The van der Waals surface area contributed by atoms with Crippen LogP contribution in [0.15, 0.2) is 24.2 Å². The lowest BCUT2D eigenvalue weighted by molar-refractivity contribution is 0.00578. The molecule has 3 aliphatic rings. The zero-order chi connectivity index (χ0) is 42.5. The van der Waals surface area contributed by atoms with Crippen LogP contribution < -0.4 is 9.80 Å². The molecule has 0 N–H and O–H groups in total. The van der Waals surface area contributed by atoms with Crippen LogP contribution in [0.25, 0.3) is 22.1 Å². The standard InChI is InChI=1S/C17H26ClN5O.C14H19Cl2N5O.C9H17BO2/c1-12(2)15-16-13(11-14(18)19-15)21(3)17(20-16)23-7-5-22(6-8-23)9-10-24-4;1-19-10-9-11(15)17-13(16)12(10)18-14(19)21-5-3-20(4-6-21)7-8-22-2;1-7(2)10-11-8(3,4)9(5,6)12-10/h11-12H,5-10H2,1-4H3;9H,3-8H2,1-2H3;1H2,2-6H3. The van der Waals surface area contributed by atoms with Crippen LogP contribution in [-0.2, 0) is 32.9 Å². The summed E-state index contributed by atoms with van der Waals surface area (Å²) in [4.78, 5) is 27.6. The molecule has 0 saturated carbocycles. The third kappa shape index (κ3) is 10.8. The summed E-state index contributed by atoms with van der Waals surface area (Å²) in [5.74, 6) is 2.20. The third-order valence-electron chi connectivity index (χ3n) is 11.3. The molecule has 0 unspecified atom stereocenters. The molecule has 4 aromatic rings. The van der Waals surface area contributed by atoms with Crippen molar-refractivity contribution in [3.8, 4) is 0 Å². The van der Waals surface area contributed by atoms with Gasteiger partial charge in [0.2, 0.25) is 11.9 Å². The van der Waals surface area contributed by atoms with Crippen LogP contribution in [0.4, 0.5) is 11.9 Å². The van der Waals surface area contributed by atoms with Crippen molar-refractivity contribution in [2.24, 2.45) is 14.1 Å². The molecule has 7 heterocycles. The molecule has 14 nitrogen and oxygen atoms in total. The second-order valence-corrected chi connectivity index (χ2v) is 17.6. The van der Waals surface area contributed by atoms with Crippen LogP contribution in [-0.4, -0.2) is 150 Å². The summed E-state index contributed by atoms with van der Waals surface area (Å²) >= 11 is 18.4. The molecule has 0 atom stereocenters. The molecule has 0 amide bonds. The maximum Gasteiger partial charge on any atom is 0.489 e. The zero-order valence-electron chi connectivity index (χ0n) is 36.2. The average Bonchev–Trinajstić information content (AvgIpc) is 3.76. The normalized spacial score (nSPS) is 18.5. The van der Waals surface area contributed by atoms with Crippen LogP contribution >= 0.6 is 34.8 Å². The van der Waals surface area contributed by atoms with Crippen molar-refractivity contribution in [1.82, 2.24) is 38.9 Å². The SMILES string of the molecule is C=C(C)B1OC(C)(C)C(C)(C)O1.COCCN1CCN(c2nc3c(C(C)C)nc(Cl)cc3n2C)CC1.COCCN1CCN(c2nc3c(Cl)nc(Cl)cc3n2C)CC1. The molecule has 0 bridgehead atoms. The summed E-state index contributed by atoms with van der Waals surface area (Å²) in [6.45, 7) is 29.5. The Morgan fingerprint density at radius 1 is 0.724 bits per heavy atom. The average molecular weight is 864 g/mol. The monoisotopic (exact) mass is 862 g/mol. The molecule has 320 valence electrons. The van der Waals surface area contributed by atoms with Gasteiger partial charge in [0, 0.05) is 106 Å². The van der Waals surface area contributed by atoms with E-state index in [1.807, 2.05) is 52.3 Å². The van der Waals surface area contributed by atoms with E-state index in [0.717, 1.165) is 118 Å². The van der Waals surface area contributed by atoms with E-state index in [4.69, 9.17) is 58.6 Å². The van der Waals surface area contributed by atoms with Gasteiger partial charge in [-0.3, -0.25) is 9.80 Å². The van der Waals surface area contributed by atoms with Gasteiger partial charge in [0.25, 0.3) is 0 Å². The van der Waals surface area contributed by atoms with E-state index in [9.17, 15) is 0 Å². The van der Waals surface area contributed by atoms with Crippen LogP contribution in [0.2, 0.25) is 15.5 Å². The minimum atomic E-state index is -0.241. The first-order chi connectivity index (χ1) is 27.4. The summed E-state index contributed by atoms with van der Waals surface area (Å²) in [5.41, 5.74) is 5.04. The quantitative estimate of drug-likeness (QED) is 0.124. The Bertz CT molecular complexity index is 1990. The lowest BCUT2D eigenvalue weighted by atomic mass is 9.81. The highest BCUT2D eigenvalue weighted by Gasteiger charge is 2.51. The maximum atomic E-state index is 6.22. The number of allylic oxidation sites excluding steroid dienone is 1. The Labute approximate surface area is 359 Å². The van der Waals surface area contributed by atoms with Crippen molar-refractivity contribution in [3.05, 3.63) is 45.3 Å². The van der Waals surface area contributed by atoms with Crippen LogP contribution in [0, 0.1) is 0 Å². The van der Waals surface area contributed by atoms with Gasteiger partial charge >= 0.3 is 7.12 Å². The minimum absolute atomic E-state index is 0.239. The van der Waals surface area contributed by atoms with E-state index in [2.05, 4.69) is 66.6 Å². The minimum Gasteiger partial charge on any atom is -0.400 e. The molecule has 3 fully saturated rings. The molecule has 3 saturated heterocycles. The molecule has 0 aliphatic carbocycles. The molecular weight excluding hydrogens is 802 g/mol. The van der Waals surface area contributed by atoms with Crippen molar-refractivity contribution in [1.29, 1.82) is 0 Å². The van der Waals surface area contributed by atoms with Crippen molar-refractivity contribution in [3.63, 3.8) is 0 Å². The molecule has 0 spiro atoms. The predicted octanol–water partition coefficient (Wildman–Crippen LogP) is 6.75. The van der Waals surface area contributed by atoms with Gasteiger partial charge in [-0.1, -0.05) is 54.1 Å². The highest BCUT2D eigenvalue weighted by molar-refractivity contribution is 6.54. The fourth-order valence-electron chi connectivity index (χ4n) is 7.07. The topological polar surface area (TPSA) is 111 Å². The fourth-order valence-corrected chi connectivity index (χ4v) is 7.73. The smallest absolute Gasteiger partial charge is 0.400 e. The second-order valence-electron chi connectivity index (χ2n) is 16.5. The fraction of sp³-hybridized carbons (Fsp3) is 0.650. The number of nitrogens with zero attached hydrogens (tertiary/aromatic N) is 10. The number of aromatic nitrogens is 6. The highest BCUT2D eigenvalue weighted by Crippen LogP contribution is 2.38. The summed E-state index contributed by atoms with van der Waals surface area (Å²) < 4.78 is 25.9. The summed E-state index contributed by atoms with van der Waals surface area (Å²) in [7, 11) is 7.28. The van der Waals surface area contributed by atoms with E-state index in [1.165, 1.54) is 0 Å². The van der Waals surface area contributed by atoms with Gasteiger partial charge in [0.1, 0.15) is 21.3 Å². The Hall–Kier alpha value is -2.73. The molecule has 4 aromatic heterocycles. The predicted molar refractivity (Wildman–Crippen MR) is 238 cm³/mol. The van der Waals surface area contributed by atoms with Crippen molar-refractivity contribution in [2.45, 2.75) is 65.6 Å². The van der Waals surface area contributed by atoms with E-state index in [1.54, 1.807) is 20.3 Å². The molecule has 0 aromatic carbocycles. The van der Waals surface area contributed by atoms with Gasteiger partial charge in [-0.25, -0.2) is 19.9 Å². The zero-order valence-corrected chi connectivity index (χ0v) is 38.5. The number of fused-ring (bicyclic) bond motifs is 2. The van der Waals surface area contributed by atoms with Gasteiger partial charge < -0.3 is 37.7 Å².